The average molecular weight is 212 g/mol. The molecule has 1 heterocycles. The molecule has 0 spiro atoms. The highest BCUT2D eigenvalue weighted by Crippen LogP contribution is 2.25. The second-order valence-corrected chi connectivity index (χ2v) is 3.89. The van der Waals surface area contributed by atoms with Crippen LogP contribution in [-0.2, 0) is 0 Å². The molecule has 0 bridgehead atoms. The summed E-state index contributed by atoms with van der Waals surface area (Å²) >= 11 is 1.17. The molecule has 0 atom stereocenters. The van der Waals surface area contributed by atoms with Crippen LogP contribution in [0.15, 0.2) is 17.7 Å². The van der Waals surface area contributed by atoms with Gasteiger partial charge in [0.1, 0.15) is 0 Å². The van der Waals surface area contributed by atoms with E-state index in [-0.39, 0.29) is 9.92 Å². The monoisotopic (exact) mass is 212 g/mol. The van der Waals surface area contributed by atoms with Gasteiger partial charge in [0.15, 0.2) is 0 Å². The second kappa shape index (κ2) is 4.88. The predicted molar refractivity (Wildman–Crippen MR) is 58.3 cm³/mol. The lowest BCUT2D eigenvalue weighted by Gasteiger charge is -1.96. The van der Waals surface area contributed by atoms with E-state index in [1.807, 2.05) is 13.0 Å². The summed E-state index contributed by atoms with van der Waals surface area (Å²) in [4.78, 5) is 10.9. The topological polar surface area (TPSA) is 69.2 Å². The number of hydrogen-bond acceptors (Lipinski definition) is 4. The van der Waals surface area contributed by atoms with Crippen molar-refractivity contribution in [2.75, 3.05) is 6.54 Å². The smallest absolute Gasteiger partial charge is 0.324 e. The SMILES string of the molecule is CC/C(=C/c1ccc([N+](=O)[O-])s1)CN. The number of nitrogens with zero attached hydrogens (tertiary/aromatic N) is 1. The molecule has 1 aromatic rings. The van der Waals surface area contributed by atoms with E-state index in [2.05, 4.69) is 0 Å². The van der Waals surface area contributed by atoms with Crippen molar-refractivity contribution in [1.29, 1.82) is 0 Å². The first-order valence-electron chi connectivity index (χ1n) is 4.31. The van der Waals surface area contributed by atoms with Gasteiger partial charge in [-0.05, 0) is 18.6 Å². The maximum Gasteiger partial charge on any atom is 0.324 e. The molecule has 76 valence electrons. The largest absolute Gasteiger partial charge is 0.327 e. The molecule has 1 aromatic heterocycles. The lowest BCUT2D eigenvalue weighted by molar-refractivity contribution is -0.380. The van der Waals surface area contributed by atoms with E-state index in [1.165, 1.54) is 17.4 Å². The van der Waals surface area contributed by atoms with Gasteiger partial charge in [-0.3, -0.25) is 10.1 Å². The lowest BCUT2D eigenvalue weighted by Crippen LogP contribution is -2.01. The minimum Gasteiger partial charge on any atom is -0.327 e. The van der Waals surface area contributed by atoms with Gasteiger partial charge in [-0.1, -0.05) is 23.8 Å². The Morgan fingerprint density at radius 2 is 2.43 bits per heavy atom. The molecule has 0 amide bonds. The molecule has 0 radical (unpaired) electrons. The molecule has 0 aliphatic heterocycles. The Labute approximate surface area is 86.2 Å². The Kier molecular flexibility index (Phi) is 3.79. The maximum absolute atomic E-state index is 10.4. The lowest BCUT2D eigenvalue weighted by atomic mass is 10.2. The summed E-state index contributed by atoms with van der Waals surface area (Å²) in [7, 11) is 0. The van der Waals surface area contributed by atoms with Crippen LogP contribution < -0.4 is 5.73 Å². The van der Waals surface area contributed by atoms with Gasteiger partial charge in [0.05, 0.1) is 4.92 Å². The average Bonchev–Trinajstić information content (AvgIpc) is 2.62. The van der Waals surface area contributed by atoms with Crippen molar-refractivity contribution in [2.45, 2.75) is 13.3 Å². The van der Waals surface area contributed by atoms with Gasteiger partial charge < -0.3 is 5.73 Å². The van der Waals surface area contributed by atoms with Gasteiger partial charge in [-0.15, -0.1) is 0 Å². The molecule has 0 unspecified atom stereocenters. The van der Waals surface area contributed by atoms with Crippen LogP contribution in [0.2, 0.25) is 0 Å². The fraction of sp³-hybridized carbons (Fsp3) is 0.333. The number of hydrogen-bond donors (Lipinski definition) is 1. The molecule has 0 fully saturated rings. The van der Waals surface area contributed by atoms with Crippen LogP contribution in [0.3, 0.4) is 0 Å². The number of thiophene rings is 1. The zero-order chi connectivity index (χ0) is 10.6. The summed E-state index contributed by atoms with van der Waals surface area (Å²) in [6.45, 7) is 2.52. The van der Waals surface area contributed by atoms with E-state index >= 15 is 0 Å². The fourth-order valence-corrected chi connectivity index (χ4v) is 1.84. The van der Waals surface area contributed by atoms with Crippen LogP contribution in [0.25, 0.3) is 6.08 Å². The predicted octanol–water partition coefficient (Wildman–Crippen LogP) is 2.41. The Bertz CT molecular complexity index is 351. The van der Waals surface area contributed by atoms with E-state index < -0.39 is 0 Å². The van der Waals surface area contributed by atoms with Gasteiger partial charge in [-0.25, -0.2) is 0 Å². The Morgan fingerprint density at radius 3 is 2.86 bits per heavy atom. The van der Waals surface area contributed by atoms with Crippen molar-refractivity contribution in [2.24, 2.45) is 5.73 Å². The van der Waals surface area contributed by atoms with E-state index in [0.717, 1.165) is 16.9 Å². The van der Waals surface area contributed by atoms with Gasteiger partial charge in [0.25, 0.3) is 0 Å². The number of rotatable bonds is 4. The molecule has 4 nitrogen and oxygen atoms in total. The highest BCUT2D eigenvalue weighted by atomic mass is 32.1. The van der Waals surface area contributed by atoms with Crippen LogP contribution in [0.1, 0.15) is 18.2 Å². The molecule has 0 saturated carbocycles. The normalized spacial score (nSPS) is 11.7. The van der Waals surface area contributed by atoms with Crippen molar-refractivity contribution in [3.05, 3.63) is 32.7 Å². The highest BCUT2D eigenvalue weighted by Gasteiger charge is 2.08. The molecular weight excluding hydrogens is 200 g/mol. The second-order valence-electron chi connectivity index (χ2n) is 2.79. The summed E-state index contributed by atoms with van der Waals surface area (Å²) in [6, 6.07) is 3.26. The molecule has 2 N–H and O–H groups in total. The van der Waals surface area contributed by atoms with Gasteiger partial charge >= 0.3 is 5.00 Å². The molecule has 0 saturated heterocycles. The third kappa shape index (κ3) is 2.65. The zero-order valence-electron chi connectivity index (χ0n) is 7.90. The third-order valence-corrected chi connectivity index (χ3v) is 2.84. The van der Waals surface area contributed by atoms with Gasteiger partial charge in [-0.2, -0.15) is 0 Å². The molecule has 1 rings (SSSR count). The summed E-state index contributed by atoms with van der Waals surface area (Å²) in [5.74, 6) is 0. The van der Waals surface area contributed by atoms with Crippen LogP contribution in [-0.4, -0.2) is 11.5 Å². The van der Waals surface area contributed by atoms with Crippen molar-refractivity contribution in [3.8, 4) is 0 Å². The molecule has 0 aliphatic rings. The van der Waals surface area contributed by atoms with E-state index in [9.17, 15) is 10.1 Å². The molecular formula is C9H12N2O2S. The van der Waals surface area contributed by atoms with Crippen molar-refractivity contribution in [1.82, 2.24) is 0 Å². The molecule has 0 aromatic carbocycles. The van der Waals surface area contributed by atoms with Crippen LogP contribution >= 0.6 is 11.3 Å². The first kappa shape index (κ1) is 10.9. The van der Waals surface area contributed by atoms with Gasteiger partial charge in [0, 0.05) is 17.5 Å². The Hall–Kier alpha value is -1.20. The van der Waals surface area contributed by atoms with E-state index in [0.29, 0.717) is 6.54 Å². The standard InChI is InChI=1S/C9H12N2O2S/c1-2-7(6-10)5-8-3-4-9(14-8)11(12)13/h3-5H,2,6,10H2,1H3/b7-5-. The highest BCUT2D eigenvalue weighted by molar-refractivity contribution is 7.16. The minimum absolute atomic E-state index is 0.170. The van der Waals surface area contributed by atoms with Crippen LogP contribution in [0, 0.1) is 10.1 Å². The summed E-state index contributed by atoms with van der Waals surface area (Å²) in [5, 5.41) is 10.6. The summed E-state index contributed by atoms with van der Waals surface area (Å²) < 4.78 is 0. The maximum atomic E-state index is 10.4. The van der Waals surface area contributed by atoms with Crippen molar-refractivity contribution in [3.63, 3.8) is 0 Å². The quantitative estimate of drug-likeness (QED) is 0.615. The van der Waals surface area contributed by atoms with Crippen LogP contribution in [0.4, 0.5) is 5.00 Å². The van der Waals surface area contributed by atoms with Crippen molar-refractivity contribution >= 4 is 22.4 Å². The number of nitro groups is 1. The molecule has 0 aliphatic carbocycles. The van der Waals surface area contributed by atoms with Crippen molar-refractivity contribution < 1.29 is 4.92 Å². The fourth-order valence-electron chi connectivity index (χ4n) is 1.02. The number of nitrogens with two attached hydrogens (primary N) is 1. The van der Waals surface area contributed by atoms with E-state index in [1.54, 1.807) is 6.07 Å². The Morgan fingerprint density at radius 1 is 1.71 bits per heavy atom. The molecule has 5 heteroatoms. The summed E-state index contributed by atoms with van der Waals surface area (Å²) in [6.07, 6.45) is 2.79. The van der Waals surface area contributed by atoms with Crippen LogP contribution in [0.5, 0.6) is 0 Å². The van der Waals surface area contributed by atoms with E-state index in [4.69, 9.17) is 5.73 Å². The first-order valence-corrected chi connectivity index (χ1v) is 5.12. The first-order chi connectivity index (χ1) is 6.67. The summed E-state index contributed by atoms with van der Waals surface area (Å²) in [5.41, 5.74) is 6.60. The minimum atomic E-state index is -0.379. The molecule has 14 heavy (non-hydrogen) atoms. The zero-order valence-corrected chi connectivity index (χ0v) is 8.71. The van der Waals surface area contributed by atoms with Gasteiger partial charge in [0.2, 0.25) is 0 Å². The Balaban J connectivity index is 2.87. The third-order valence-electron chi connectivity index (χ3n) is 1.86.